The molecule has 70 heavy (non-hydrogen) atoms. The summed E-state index contributed by atoms with van der Waals surface area (Å²) in [5.41, 5.74) is 0. The third-order valence-electron chi connectivity index (χ3n) is 15.1. The van der Waals surface area contributed by atoms with Crippen LogP contribution in [0.5, 0.6) is 0 Å². The first-order valence-corrected chi connectivity index (χ1v) is 31.7. The molecule has 0 aliphatic carbocycles. The fraction of sp³-hybridized carbons (Fsp3) is 0.922. The lowest BCUT2D eigenvalue weighted by Gasteiger charge is -2.27. The molecule has 0 rings (SSSR count). The highest BCUT2D eigenvalue weighted by atomic mass is 16.3. The third kappa shape index (κ3) is 51.7. The second-order valence-corrected chi connectivity index (χ2v) is 22.1. The van der Waals surface area contributed by atoms with Crippen LogP contribution in [-0.2, 0) is 4.79 Å². The smallest absolute Gasteiger partial charge is 0.249 e. The van der Waals surface area contributed by atoms with Crippen molar-refractivity contribution >= 4 is 5.91 Å². The topological polar surface area (TPSA) is 110 Å². The number of aliphatic hydroxyl groups is 4. The molecule has 4 unspecified atom stereocenters. The molecule has 416 valence electrons. The summed E-state index contributed by atoms with van der Waals surface area (Å²) in [7, 11) is 0. The first kappa shape index (κ1) is 68.8. The molecule has 0 saturated carbocycles. The summed E-state index contributed by atoms with van der Waals surface area (Å²) in [6.45, 7) is 4.09. The van der Waals surface area contributed by atoms with Crippen LogP contribution in [0.15, 0.2) is 24.3 Å². The van der Waals surface area contributed by atoms with Gasteiger partial charge in [-0.1, -0.05) is 308 Å². The summed E-state index contributed by atoms with van der Waals surface area (Å²) < 4.78 is 0. The molecular weight excluding hydrogens is 863 g/mol. The van der Waals surface area contributed by atoms with Crippen LogP contribution < -0.4 is 5.32 Å². The van der Waals surface area contributed by atoms with Gasteiger partial charge in [0.1, 0.15) is 12.2 Å². The average Bonchev–Trinajstić information content (AvgIpc) is 3.36. The molecule has 5 N–H and O–H groups in total. The van der Waals surface area contributed by atoms with Crippen molar-refractivity contribution in [3.8, 4) is 0 Å². The van der Waals surface area contributed by atoms with Gasteiger partial charge in [0, 0.05) is 0 Å². The zero-order valence-corrected chi connectivity index (χ0v) is 47.3. The molecule has 0 bridgehead atoms. The Balaban J connectivity index is 3.60. The minimum absolute atomic E-state index is 0.363. The summed E-state index contributed by atoms with van der Waals surface area (Å²) in [5.74, 6) is -0.590. The van der Waals surface area contributed by atoms with Crippen LogP contribution in [0, 0.1) is 0 Å². The van der Waals surface area contributed by atoms with Crippen LogP contribution in [0.25, 0.3) is 0 Å². The molecule has 6 heteroatoms. The second kappa shape index (κ2) is 58.7. The molecule has 0 heterocycles. The molecular formula is C64H125NO5. The molecule has 4 atom stereocenters. The van der Waals surface area contributed by atoms with E-state index in [9.17, 15) is 25.2 Å². The van der Waals surface area contributed by atoms with E-state index in [0.717, 1.165) is 38.5 Å². The van der Waals surface area contributed by atoms with E-state index in [4.69, 9.17) is 0 Å². The summed E-state index contributed by atoms with van der Waals surface area (Å²) in [6, 6.07) is -1.00. The van der Waals surface area contributed by atoms with Crippen molar-refractivity contribution in [2.24, 2.45) is 0 Å². The number of unbranched alkanes of at least 4 members (excludes halogenated alkanes) is 46. The fourth-order valence-corrected chi connectivity index (χ4v) is 10.2. The normalized spacial score (nSPS) is 13.7. The van der Waals surface area contributed by atoms with Crippen molar-refractivity contribution in [3.05, 3.63) is 24.3 Å². The molecule has 0 spiro atoms. The maximum absolute atomic E-state index is 12.6. The van der Waals surface area contributed by atoms with Gasteiger partial charge in [0.15, 0.2) is 0 Å². The highest BCUT2D eigenvalue weighted by molar-refractivity contribution is 5.80. The lowest BCUT2D eigenvalue weighted by atomic mass is 10.00. The van der Waals surface area contributed by atoms with E-state index in [1.54, 1.807) is 0 Å². The zero-order valence-electron chi connectivity index (χ0n) is 47.3. The van der Waals surface area contributed by atoms with Gasteiger partial charge < -0.3 is 25.7 Å². The molecule has 0 aromatic heterocycles. The third-order valence-corrected chi connectivity index (χ3v) is 15.1. The van der Waals surface area contributed by atoms with Crippen molar-refractivity contribution in [2.45, 2.75) is 372 Å². The quantitative estimate of drug-likeness (QED) is 0.0308. The number of hydrogen-bond donors (Lipinski definition) is 5. The standard InChI is InChI=1S/C64H125NO5/c1-3-5-7-9-11-13-15-17-19-21-23-25-27-29-30-31-32-34-35-37-39-41-43-45-47-49-51-53-55-57-61(67)63(69)60(59-66)65-64(70)62(68)58-56-54-52-50-48-46-44-42-40-38-36-33-28-26-24-22-20-18-16-14-12-10-8-6-4-2/h33,36,49,51,60-63,66-69H,3-32,34-35,37-48,50,52-59H2,1-2H3,(H,65,70)/b36-33-,51-49+. The Morgan fingerprint density at radius 2 is 0.586 bits per heavy atom. The number of carbonyl (C=O) groups excluding carboxylic acids is 1. The number of aliphatic hydroxyl groups excluding tert-OH is 4. The molecule has 1 amide bonds. The molecule has 0 aliphatic heterocycles. The minimum atomic E-state index is -1.28. The fourth-order valence-electron chi connectivity index (χ4n) is 10.2. The lowest BCUT2D eigenvalue weighted by molar-refractivity contribution is -0.132. The number of nitrogens with one attached hydrogen (secondary N) is 1. The summed E-state index contributed by atoms with van der Waals surface area (Å²) in [5, 5.41) is 44.1. The van der Waals surface area contributed by atoms with Gasteiger partial charge in [-0.15, -0.1) is 0 Å². The Hall–Kier alpha value is -1.21. The van der Waals surface area contributed by atoms with E-state index in [2.05, 4.69) is 43.5 Å². The van der Waals surface area contributed by atoms with E-state index >= 15 is 0 Å². The zero-order chi connectivity index (χ0) is 50.9. The van der Waals surface area contributed by atoms with E-state index in [1.165, 1.54) is 283 Å². The van der Waals surface area contributed by atoms with E-state index in [0.29, 0.717) is 12.8 Å². The van der Waals surface area contributed by atoms with E-state index < -0.39 is 36.9 Å². The van der Waals surface area contributed by atoms with Crippen LogP contribution in [-0.4, -0.2) is 57.3 Å². The maximum atomic E-state index is 12.6. The summed E-state index contributed by atoms with van der Waals surface area (Å²) in [6.07, 6.45) is 72.8. The van der Waals surface area contributed by atoms with Gasteiger partial charge in [-0.3, -0.25) is 4.79 Å². The maximum Gasteiger partial charge on any atom is 0.249 e. The number of amides is 1. The van der Waals surface area contributed by atoms with Crippen LogP contribution in [0.2, 0.25) is 0 Å². The molecule has 0 aromatic rings. The van der Waals surface area contributed by atoms with Crippen molar-refractivity contribution < 1.29 is 25.2 Å². The number of rotatable bonds is 59. The van der Waals surface area contributed by atoms with Crippen LogP contribution in [0.3, 0.4) is 0 Å². The van der Waals surface area contributed by atoms with Crippen LogP contribution >= 0.6 is 0 Å². The Labute approximate surface area is 437 Å². The molecule has 0 aliphatic rings. The van der Waals surface area contributed by atoms with E-state index in [1.807, 2.05) is 0 Å². The number of carbonyl (C=O) groups is 1. The first-order chi connectivity index (χ1) is 34.5. The Kier molecular flexibility index (Phi) is 57.7. The monoisotopic (exact) mass is 988 g/mol. The number of hydrogen-bond acceptors (Lipinski definition) is 5. The molecule has 6 nitrogen and oxygen atoms in total. The second-order valence-electron chi connectivity index (χ2n) is 22.1. The van der Waals surface area contributed by atoms with Gasteiger partial charge in [0.05, 0.1) is 18.8 Å². The highest BCUT2D eigenvalue weighted by Crippen LogP contribution is 2.18. The molecule has 0 fully saturated rings. The van der Waals surface area contributed by atoms with Gasteiger partial charge in [-0.25, -0.2) is 0 Å². The minimum Gasteiger partial charge on any atom is -0.394 e. The molecule has 0 aromatic carbocycles. The Morgan fingerprint density at radius 3 is 0.857 bits per heavy atom. The highest BCUT2D eigenvalue weighted by Gasteiger charge is 2.28. The van der Waals surface area contributed by atoms with Gasteiger partial charge in [0.25, 0.3) is 0 Å². The largest absolute Gasteiger partial charge is 0.394 e. The van der Waals surface area contributed by atoms with Gasteiger partial charge in [-0.2, -0.15) is 0 Å². The van der Waals surface area contributed by atoms with Crippen molar-refractivity contribution in [3.63, 3.8) is 0 Å². The van der Waals surface area contributed by atoms with Crippen molar-refractivity contribution in [1.82, 2.24) is 5.32 Å². The summed E-state index contributed by atoms with van der Waals surface area (Å²) in [4.78, 5) is 12.6. The lowest BCUT2D eigenvalue weighted by Crippen LogP contribution is -2.53. The Morgan fingerprint density at radius 1 is 0.343 bits per heavy atom. The Bertz CT molecular complexity index is 1060. The van der Waals surface area contributed by atoms with Crippen molar-refractivity contribution in [2.75, 3.05) is 6.61 Å². The molecule has 0 saturated heterocycles. The van der Waals surface area contributed by atoms with Gasteiger partial charge >= 0.3 is 0 Å². The molecule has 0 radical (unpaired) electrons. The summed E-state index contributed by atoms with van der Waals surface area (Å²) >= 11 is 0. The van der Waals surface area contributed by atoms with Crippen LogP contribution in [0.4, 0.5) is 0 Å². The average molecular weight is 989 g/mol. The van der Waals surface area contributed by atoms with Crippen LogP contribution in [0.1, 0.15) is 348 Å². The van der Waals surface area contributed by atoms with E-state index in [-0.39, 0.29) is 0 Å². The predicted molar refractivity (Wildman–Crippen MR) is 307 cm³/mol. The van der Waals surface area contributed by atoms with Crippen molar-refractivity contribution in [1.29, 1.82) is 0 Å². The SMILES string of the molecule is CCCCCCCCCCCCCC/C=C\CCCCCCCCCCCC(O)C(=O)NC(CO)C(O)C(O)CCC/C=C/CCCCCCCCCCCCCCCCCCCCCCCCCC. The first-order valence-electron chi connectivity index (χ1n) is 31.7. The predicted octanol–water partition coefficient (Wildman–Crippen LogP) is 19.0. The van der Waals surface area contributed by atoms with Gasteiger partial charge in [0.2, 0.25) is 5.91 Å². The van der Waals surface area contributed by atoms with Gasteiger partial charge in [-0.05, 0) is 64.2 Å². The number of allylic oxidation sites excluding steroid dienone is 4.